The smallest absolute Gasteiger partial charge is 0.119 e. The van der Waals surface area contributed by atoms with Gasteiger partial charge in [-0.15, -0.1) is 0 Å². The van der Waals surface area contributed by atoms with Gasteiger partial charge in [-0.3, -0.25) is 0 Å². The van der Waals surface area contributed by atoms with Crippen molar-refractivity contribution in [2.45, 2.75) is 38.8 Å². The van der Waals surface area contributed by atoms with Gasteiger partial charge in [-0.25, -0.2) is 0 Å². The van der Waals surface area contributed by atoms with E-state index in [2.05, 4.69) is 31.3 Å². The van der Waals surface area contributed by atoms with E-state index in [1.807, 2.05) is 12.1 Å². The summed E-state index contributed by atoms with van der Waals surface area (Å²) in [6, 6.07) is 8.65. The van der Waals surface area contributed by atoms with Crippen molar-refractivity contribution in [2.24, 2.45) is 0 Å². The molecule has 1 aromatic rings. The molecule has 0 spiro atoms. The lowest BCUT2D eigenvalue weighted by Gasteiger charge is -2.30. The largest absolute Gasteiger partial charge is 0.494 e. The maximum atomic E-state index is 5.81. The Hall–Kier alpha value is -1.06. The fourth-order valence-electron chi connectivity index (χ4n) is 2.20. The Bertz CT molecular complexity index is 350. The van der Waals surface area contributed by atoms with Crippen LogP contribution in [0.15, 0.2) is 24.3 Å². The molecular weight excluding hydrogens is 226 g/mol. The number of hydrogen-bond acceptors (Lipinski definition) is 3. The second kappa shape index (κ2) is 6.76. The van der Waals surface area contributed by atoms with E-state index >= 15 is 0 Å². The van der Waals surface area contributed by atoms with E-state index in [1.54, 1.807) is 0 Å². The van der Waals surface area contributed by atoms with Crippen LogP contribution in [0.3, 0.4) is 0 Å². The van der Waals surface area contributed by atoms with E-state index in [-0.39, 0.29) is 6.10 Å². The van der Waals surface area contributed by atoms with Crippen LogP contribution < -0.4 is 10.1 Å². The average molecular weight is 249 g/mol. The standard InChI is InChI=1S/C15H23NO2/c1-3-4-10-17-14-7-5-13(6-8-14)15-12(2)16-9-11-18-15/h5-8,12,15-16H,3-4,9-11H2,1-2H3. The molecule has 0 aliphatic carbocycles. The van der Waals surface area contributed by atoms with Crippen LogP contribution in [0.4, 0.5) is 0 Å². The molecule has 1 N–H and O–H groups in total. The molecule has 1 heterocycles. The van der Waals surface area contributed by atoms with Crippen molar-refractivity contribution < 1.29 is 9.47 Å². The number of unbranched alkanes of at least 4 members (excludes halogenated alkanes) is 1. The van der Waals surface area contributed by atoms with E-state index in [0.717, 1.165) is 38.3 Å². The first-order valence-corrected chi connectivity index (χ1v) is 6.89. The van der Waals surface area contributed by atoms with Crippen molar-refractivity contribution >= 4 is 0 Å². The summed E-state index contributed by atoms with van der Waals surface area (Å²) in [5.41, 5.74) is 1.22. The first kappa shape index (κ1) is 13.4. The van der Waals surface area contributed by atoms with Crippen molar-refractivity contribution in [2.75, 3.05) is 19.8 Å². The highest BCUT2D eigenvalue weighted by Crippen LogP contribution is 2.25. The SMILES string of the molecule is CCCCOc1ccc(C2OCCNC2C)cc1. The Morgan fingerprint density at radius 2 is 2.11 bits per heavy atom. The lowest BCUT2D eigenvalue weighted by molar-refractivity contribution is -0.000248. The van der Waals surface area contributed by atoms with E-state index < -0.39 is 0 Å². The maximum Gasteiger partial charge on any atom is 0.119 e. The van der Waals surface area contributed by atoms with Gasteiger partial charge in [0.2, 0.25) is 0 Å². The molecule has 0 amide bonds. The zero-order valence-electron chi connectivity index (χ0n) is 11.3. The molecule has 1 aromatic carbocycles. The third-order valence-electron chi connectivity index (χ3n) is 3.30. The van der Waals surface area contributed by atoms with Crippen LogP contribution >= 0.6 is 0 Å². The summed E-state index contributed by atoms with van der Waals surface area (Å²) in [7, 11) is 0. The van der Waals surface area contributed by atoms with Crippen molar-refractivity contribution in [3.8, 4) is 5.75 Å². The number of benzene rings is 1. The van der Waals surface area contributed by atoms with Crippen LogP contribution in [-0.4, -0.2) is 25.8 Å². The van der Waals surface area contributed by atoms with Crippen molar-refractivity contribution in [1.29, 1.82) is 0 Å². The van der Waals surface area contributed by atoms with Gasteiger partial charge in [-0.05, 0) is 31.0 Å². The molecule has 1 fully saturated rings. The molecule has 0 radical (unpaired) electrons. The number of rotatable bonds is 5. The summed E-state index contributed by atoms with van der Waals surface area (Å²) in [4.78, 5) is 0. The summed E-state index contributed by atoms with van der Waals surface area (Å²) in [5, 5.41) is 3.43. The topological polar surface area (TPSA) is 30.5 Å². The van der Waals surface area contributed by atoms with E-state index in [9.17, 15) is 0 Å². The molecule has 2 rings (SSSR count). The molecule has 0 aromatic heterocycles. The molecule has 2 atom stereocenters. The first-order valence-electron chi connectivity index (χ1n) is 6.89. The Balaban J connectivity index is 1.94. The second-order valence-corrected chi connectivity index (χ2v) is 4.81. The van der Waals surface area contributed by atoms with Crippen LogP contribution in [-0.2, 0) is 4.74 Å². The Labute approximate surface area is 109 Å². The lowest BCUT2D eigenvalue weighted by atomic mass is 10.0. The van der Waals surface area contributed by atoms with Gasteiger partial charge >= 0.3 is 0 Å². The molecule has 100 valence electrons. The molecule has 1 aliphatic heterocycles. The van der Waals surface area contributed by atoms with Gasteiger partial charge in [0.25, 0.3) is 0 Å². The third-order valence-corrected chi connectivity index (χ3v) is 3.30. The zero-order chi connectivity index (χ0) is 12.8. The summed E-state index contributed by atoms with van der Waals surface area (Å²) in [6.45, 7) is 6.85. The molecule has 2 unspecified atom stereocenters. The summed E-state index contributed by atoms with van der Waals surface area (Å²) < 4.78 is 11.5. The Morgan fingerprint density at radius 3 is 2.78 bits per heavy atom. The molecule has 1 aliphatic rings. The molecule has 18 heavy (non-hydrogen) atoms. The summed E-state index contributed by atoms with van der Waals surface area (Å²) in [5.74, 6) is 0.948. The number of hydrogen-bond donors (Lipinski definition) is 1. The third kappa shape index (κ3) is 3.47. The molecule has 3 nitrogen and oxygen atoms in total. The van der Waals surface area contributed by atoms with E-state index in [4.69, 9.17) is 9.47 Å². The minimum absolute atomic E-state index is 0.156. The number of nitrogens with one attached hydrogen (secondary N) is 1. The predicted octanol–water partition coefficient (Wildman–Crippen LogP) is 2.91. The van der Waals surface area contributed by atoms with Crippen LogP contribution in [0.5, 0.6) is 5.75 Å². The molecule has 3 heteroatoms. The summed E-state index contributed by atoms with van der Waals surface area (Å²) in [6.07, 6.45) is 2.43. The Morgan fingerprint density at radius 1 is 1.33 bits per heavy atom. The quantitative estimate of drug-likeness (QED) is 0.814. The number of ether oxygens (including phenoxy) is 2. The van der Waals surface area contributed by atoms with Gasteiger partial charge in [0.05, 0.1) is 19.3 Å². The monoisotopic (exact) mass is 249 g/mol. The fraction of sp³-hybridized carbons (Fsp3) is 0.600. The van der Waals surface area contributed by atoms with Gasteiger partial charge in [-0.2, -0.15) is 0 Å². The van der Waals surface area contributed by atoms with Gasteiger partial charge in [0.1, 0.15) is 5.75 Å². The maximum absolute atomic E-state index is 5.81. The van der Waals surface area contributed by atoms with Crippen molar-refractivity contribution in [3.05, 3.63) is 29.8 Å². The number of morpholine rings is 1. The van der Waals surface area contributed by atoms with Gasteiger partial charge in [-0.1, -0.05) is 25.5 Å². The molecular formula is C15H23NO2. The van der Waals surface area contributed by atoms with Crippen LogP contribution in [0.25, 0.3) is 0 Å². The van der Waals surface area contributed by atoms with Gasteiger partial charge < -0.3 is 14.8 Å². The second-order valence-electron chi connectivity index (χ2n) is 4.81. The van der Waals surface area contributed by atoms with Crippen molar-refractivity contribution in [1.82, 2.24) is 5.32 Å². The van der Waals surface area contributed by atoms with Crippen LogP contribution in [0.2, 0.25) is 0 Å². The van der Waals surface area contributed by atoms with Crippen LogP contribution in [0, 0.1) is 0 Å². The normalized spacial score (nSPS) is 23.9. The zero-order valence-corrected chi connectivity index (χ0v) is 11.3. The average Bonchev–Trinajstić information content (AvgIpc) is 2.41. The Kier molecular flexibility index (Phi) is 5.02. The highest BCUT2D eigenvalue weighted by molar-refractivity contribution is 5.29. The highest BCUT2D eigenvalue weighted by atomic mass is 16.5. The fourth-order valence-corrected chi connectivity index (χ4v) is 2.20. The van der Waals surface area contributed by atoms with Crippen molar-refractivity contribution in [3.63, 3.8) is 0 Å². The van der Waals surface area contributed by atoms with Gasteiger partial charge in [0.15, 0.2) is 0 Å². The molecule has 0 saturated carbocycles. The van der Waals surface area contributed by atoms with E-state index in [0.29, 0.717) is 6.04 Å². The van der Waals surface area contributed by atoms with Crippen LogP contribution in [0.1, 0.15) is 38.4 Å². The summed E-state index contributed by atoms with van der Waals surface area (Å²) >= 11 is 0. The van der Waals surface area contributed by atoms with Gasteiger partial charge in [0, 0.05) is 12.6 Å². The first-order chi connectivity index (χ1) is 8.81. The molecule has 1 saturated heterocycles. The molecule has 0 bridgehead atoms. The predicted molar refractivity (Wildman–Crippen MR) is 73.0 cm³/mol. The minimum Gasteiger partial charge on any atom is -0.494 e. The van der Waals surface area contributed by atoms with E-state index in [1.165, 1.54) is 5.56 Å². The lowest BCUT2D eigenvalue weighted by Crippen LogP contribution is -2.41. The minimum atomic E-state index is 0.156. The highest BCUT2D eigenvalue weighted by Gasteiger charge is 2.22.